The molecule has 1 aromatic rings. The SMILES string of the molecule is Cc1ccn(/C(N)=C(\C=N)CO)n1. The number of nitrogens with one attached hydrogen (secondary N) is 1. The van der Waals surface area contributed by atoms with Crippen molar-refractivity contribution in [1.82, 2.24) is 9.78 Å². The Morgan fingerprint density at radius 1 is 1.85 bits per heavy atom. The lowest BCUT2D eigenvalue weighted by molar-refractivity contribution is 0.337. The van der Waals surface area contributed by atoms with E-state index in [0.717, 1.165) is 11.9 Å². The Labute approximate surface area is 76.0 Å². The Hall–Kier alpha value is -1.62. The molecule has 1 rings (SSSR count). The molecule has 0 spiro atoms. The molecule has 0 aromatic carbocycles. The molecule has 0 amide bonds. The van der Waals surface area contributed by atoms with Crippen molar-refractivity contribution >= 4 is 12.0 Å². The average Bonchev–Trinajstić information content (AvgIpc) is 2.54. The van der Waals surface area contributed by atoms with E-state index in [9.17, 15) is 0 Å². The summed E-state index contributed by atoms with van der Waals surface area (Å²) in [5.74, 6) is 0.283. The minimum atomic E-state index is -0.256. The molecule has 5 nitrogen and oxygen atoms in total. The van der Waals surface area contributed by atoms with Crippen molar-refractivity contribution < 1.29 is 5.11 Å². The zero-order chi connectivity index (χ0) is 9.84. The van der Waals surface area contributed by atoms with Crippen LogP contribution in [0.15, 0.2) is 17.8 Å². The lowest BCUT2D eigenvalue weighted by Crippen LogP contribution is -2.13. The van der Waals surface area contributed by atoms with Crippen molar-refractivity contribution in [3.8, 4) is 0 Å². The second kappa shape index (κ2) is 3.86. The summed E-state index contributed by atoms with van der Waals surface area (Å²) in [6.45, 7) is 1.58. The number of aryl methyl sites for hydroxylation is 1. The molecular formula is C8H12N4O. The van der Waals surface area contributed by atoms with Gasteiger partial charge in [0.05, 0.1) is 12.3 Å². The quantitative estimate of drug-likeness (QED) is 0.570. The first kappa shape index (κ1) is 9.47. The maximum absolute atomic E-state index is 8.83. The molecule has 1 aromatic heterocycles. The fourth-order valence-electron chi connectivity index (χ4n) is 0.897. The fraction of sp³-hybridized carbons (Fsp3) is 0.250. The van der Waals surface area contributed by atoms with Gasteiger partial charge in [0.25, 0.3) is 0 Å². The molecule has 5 heteroatoms. The summed E-state index contributed by atoms with van der Waals surface area (Å²) >= 11 is 0. The van der Waals surface area contributed by atoms with Crippen LogP contribution in [0.3, 0.4) is 0 Å². The van der Waals surface area contributed by atoms with E-state index in [1.807, 2.05) is 6.92 Å². The molecule has 0 saturated carbocycles. The van der Waals surface area contributed by atoms with Gasteiger partial charge in [0.2, 0.25) is 0 Å². The maximum atomic E-state index is 8.83. The van der Waals surface area contributed by atoms with Crippen LogP contribution in [0.2, 0.25) is 0 Å². The molecule has 0 atom stereocenters. The van der Waals surface area contributed by atoms with Crippen LogP contribution in [-0.4, -0.2) is 27.7 Å². The zero-order valence-electron chi connectivity index (χ0n) is 7.36. The Kier molecular flexibility index (Phi) is 2.81. The number of hydrogen-bond acceptors (Lipinski definition) is 4. The number of hydrogen-bond donors (Lipinski definition) is 3. The third kappa shape index (κ3) is 1.94. The molecule has 4 N–H and O–H groups in total. The van der Waals surface area contributed by atoms with Gasteiger partial charge in [-0.3, -0.25) is 0 Å². The molecule has 0 aliphatic rings. The monoisotopic (exact) mass is 180 g/mol. The van der Waals surface area contributed by atoms with Crippen LogP contribution in [0.4, 0.5) is 0 Å². The molecule has 0 fully saturated rings. The van der Waals surface area contributed by atoms with E-state index in [2.05, 4.69) is 5.10 Å². The highest BCUT2D eigenvalue weighted by molar-refractivity contribution is 5.83. The fourth-order valence-corrected chi connectivity index (χ4v) is 0.897. The zero-order valence-corrected chi connectivity index (χ0v) is 7.36. The molecule has 1 heterocycles. The van der Waals surface area contributed by atoms with Gasteiger partial charge in [-0.05, 0) is 13.0 Å². The summed E-state index contributed by atoms with van der Waals surface area (Å²) in [4.78, 5) is 0. The van der Waals surface area contributed by atoms with E-state index < -0.39 is 0 Å². The van der Waals surface area contributed by atoms with Crippen LogP contribution >= 0.6 is 0 Å². The van der Waals surface area contributed by atoms with Crippen molar-refractivity contribution in [1.29, 1.82) is 5.41 Å². The summed E-state index contributed by atoms with van der Waals surface area (Å²) < 4.78 is 1.44. The van der Waals surface area contributed by atoms with E-state index >= 15 is 0 Å². The predicted octanol–water partition coefficient (Wildman–Crippen LogP) is -0.0393. The second-order valence-corrected chi connectivity index (χ2v) is 2.61. The van der Waals surface area contributed by atoms with Gasteiger partial charge < -0.3 is 16.2 Å². The Morgan fingerprint density at radius 3 is 2.92 bits per heavy atom. The molecule has 13 heavy (non-hydrogen) atoms. The molecule has 0 radical (unpaired) electrons. The standard InChI is InChI=1S/C8H12N4O/c1-6-2-3-12(11-6)8(10)7(4-9)5-13/h2-4,9,13H,5,10H2,1H3/b8-7+,9-4?. The summed E-state index contributed by atoms with van der Waals surface area (Å²) in [7, 11) is 0. The van der Waals surface area contributed by atoms with Gasteiger partial charge in [0, 0.05) is 18.0 Å². The normalized spacial score (nSPS) is 12.5. The number of nitrogens with zero attached hydrogens (tertiary/aromatic N) is 2. The van der Waals surface area contributed by atoms with E-state index in [4.69, 9.17) is 16.2 Å². The van der Waals surface area contributed by atoms with Crippen LogP contribution in [0.25, 0.3) is 5.82 Å². The Balaban J connectivity index is 3.07. The van der Waals surface area contributed by atoms with Crippen molar-refractivity contribution in [2.75, 3.05) is 6.61 Å². The Bertz CT molecular complexity index is 340. The molecule has 0 aliphatic heterocycles. The van der Waals surface area contributed by atoms with Gasteiger partial charge in [-0.1, -0.05) is 0 Å². The first-order valence-corrected chi connectivity index (χ1v) is 3.81. The molecule has 0 bridgehead atoms. The van der Waals surface area contributed by atoms with Crippen LogP contribution in [0.1, 0.15) is 5.69 Å². The van der Waals surface area contributed by atoms with Crippen molar-refractivity contribution in [3.05, 3.63) is 23.5 Å². The summed E-state index contributed by atoms with van der Waals surface area (Å²) in [6, 6.07) is 1.80. The highest BCUT2D eigenvalue weighted by Gasteiger charge is 2.02. The number of aliphatic hydroxyl groups excluding tert-OH is 1. The highest BCUT2D eigenvalue weighted by atomic mass is 16.3. The molecule has 70 valence electrons. The molecular weight excluding hydrogens is 168 g/mol. The molecule has 0 aliphatic carbocycles. The smallest absolute Gasteiger partial charge is 0.131 e. The van der Waals surface area contributed by atoms with Gasteiger partial charge in [0.1, 0.15) is 5.82 Å². The van der Waals surface area contributed by atoms with Crippen LogP contribution in [0, 0.1) is 12.3 Å². The lowest BCUT2D eigenvalue weighted by Gasteiger charge is -2.04. The number of rotatable bonds is 3. The van der Waals surface area contributed by atoms with Crippen LogP contribution in [-0.2, 0) is 0 Å². The number of nitrogens with two attached hydrogens (primary N) is 1. The van der Waals surface area contributed by atoms with Crippen molar-refractivity contribution in [2.45, 2.75) is 6.92 Å². The minimum Gasteiger partial charge on any atom is -0.391 e. The van der Waals surface area contributed by atoms with Gasteiger partial charge in [-0.15, -0.1) is 0 Å². The van der Waals surface area contributed by atoms with Crippen molar-refractivity contribution in [2.24, 2.45) is 5.73 Å². The summed E-state index contributed by atoms with van der Waals surface area (Å²) in [5.41, 5.74) is 6.83. The van der Waals surface area contributed by atoms with Gasteiger partial charge in [0.15, 0.2) is 0 Å². The van der Waals surface area contributed by atoms with Gasteiger partial charge in [-0.25, -0.2) is 4.68 Å². The van der Waals surface area contributed by atoms with Gasteiger partial charge >= 0.3 is 0 Å². The predicted molar refractivity (Wildman–Crippen MR) is 50.2 cm³/mol. The van der Waals surface area contributed by atoms with E-state index in [0.29, 0.717) is 5.57 Å². The molecule has 0 unspecified atom stereocenters. The van der Waals surface area contributed by atoms with Gasteiger partial charge in [-0.2, -0.15) is 5.10 Å². The number of aromatic nitrogens is 2. The third-order valence-electron chi connectivity index (χ3n) is 1.64. The minimum absolute atomic E-state index is 0.256. The first-order valence-electron chi connectivity index (χ1n) is 3.81. The molecule has 0 saturated heterocycles. The topological polar surface area (TPSA) is 87.9 Å². The van der Waals surface area contributed by atoms with E-state index in [1.165, 1.54) is 4.68 Å². The van der Waals surface area contributed by atoms with E-state index in [-0.39, 0.29) is 12.4 Å². The summed E-state index contributed by atoms with van der Waals surface area (Å²) in [5, 5.41) is 19.9. The third-order valence-corrected chi connectivity index (χ3v) is 1.64. The largest absolute Gasteiger partial charge is 0.391 e. The first-order chi connectivity index (χ1) is 6.19. The van der Waals surface area contributed by atoms with Crippen LogP contribution < -0.4 is 5.73 Å². The van der Waals surface area contributed by atoms with Crippen LogP contribution in [0.5, 0.6) is 0 Å². The Morgan fingerprint density at radius 2 is 2.54 bits per heavy atom. The lowest BCUT2D eigenvalue weighted by atomic mass is 10.3. The number of aliphatic hydroxyl groups is 1. The second-order valence-electron chi connectivity index (χ2n) is 2.61. The maximum Gasteiger partial charge on any atom is 0.131 e. The van der Waals surface area contributed by atoms with Crippen molar-refractivity contribution in [3.63, 3.8) is 0 Å². The van der Waals surface area contributed by atoms with E-state index in [1.54, 1.807) is 12.3 Å². The highest BCUT2D eigenvalue weighted by Crippen LogP contribution is 2.02. The average molecular weight is 180 g/mol. The summed E-state index contributed by atoms with van der Waals surface area (Å²) in [6.07, 6.45) is 2.70.